The summed E-state index contributed by atoms with van der Waals surface area (Å²) in [6, 6.07) is 20.0. The van der Waals surface area contributed by atoms with Gasteiger partial charge in [-0.15, -0.1) is 0 Å². The van der Waals surface area contributed by atoms with Crippen LogP contribution < -0.4 is 21.6 Å². The van der Waals surface area contributed by atoms with Crippen LogP contribution in [0.5, 0.6) is 0 Å². The van der Waals surface area contributed by atoms with Crippen molar-refractivity contribution in [3.8, 4) is 0 Å². The monoisotopic (exact) mass is 498 g/mol. The molecule has 36 heavy (non-hydrogen) atoms. The maximum absolute atomic E-state index is 11.2. The number of aliphatic carboxylic acids is 1. The van der Waals surface area contributed by atoms with Gasteiger partial charge in [0.2, 0.25) is 0 Å². The molecule has 4 atom stereocenters. The predicted molar refractivity (Wildman–Crippen MR) is 137 cm³/mol. The fourth-order valence-electron chi connectivity index (χ4n) is 4.11. The Bertz CT molecular complexity index is 823. The molecule has 2 saturated heterocycles. The van der Waals surface area contributed by atoms with Crippen LogP contribution in [0.2, 0.25) is 0 Å². The fraction of sp³-hybridized carbons (Fsp3) is 0.481. The molecular weight excluding hydrogens is 460 g/mol. The van der Waals surface area contributed by atoms with E-state index in [0.29, 0.717) is 26.2 Å². The Kier molecular flexibility index (Phi) is 12.0. The Labute approximate surface area is 212 Å². The first-order chi connectivity index (χ1) is 17.5. The zero-order valence-corrected chi connectivity index (χ0v) is 20.8. The molecule has 9 nitrogen and oxygen atoms in total. The highest BCUT2D eigenvalue weighted by molar-refractivity contribution is 5.81. The smallest absolute Gasteiger partial charge is 0.320 e. The molecule has 0 saturated carbocycles. The van der Waals surface area contributed by atoms with E-state index in [1.807, 2.05) is 60.7 Å². The third kappa shape index (κ3) is 10.1. The van der Waals surface area contributed by atoms with Gasteiger partial charge in [-0.3, -0.25) is 19.3 Å². The number of hydrogen-bond donors (Lipinski definition) is 5. The average Bonchev–Trinajstić information content (AvgIpc) is 2.91. The van der Waals surface area contributed by atoms with Gasteiger partial charge in [-0.25, -0.2) is 0 Å². The molecule has 0 aromatic heterocycles. The van der Waals surface area contributed by atoms with Crippen LogP contribution in [0, 0.1) is 0 Å². The minimum absolute atomic E-state index is 0.0252. The summed E-state index contributed by atoms with van der Waals surface area (Å²) < 4.78 is 0. The second kappa shape index (κ2) is 15.5. The lowest BCUT2D eigenvalue weighted by molar-refractivity contribution is -0.140. The Morgan fingerprint density at radius 2 is 1.22 bits per heavy atom. The highest BCUT2D eigenvalue weighted by Gasteiger charge is 2.25. The van der Waals surface area contributed by atoms with Gasteiger partial charge < -0.3 is 15.7 Å². The molecule has 2 heterocycles. The summed E-state index contributed by atoms with van der Waals surface area (Å²) in [6.07, 6.45) is 3.27. The van der Waals surface area contributed by atoms with E-state index >= 15 is 0 Å². The van der Waals surface area contributed by atoms with Crippen LogP contribution >= 0.6 is 0 Å². The average molecular weight is 499 g/mol. The quantitative estimate of drug-likeness (QED) is 0.314. The van der Waals surface area contributed by atoms with Crippen molar-refractivity contribution in [2.24, 2.45) is 0 Å². The summed E-state index contributed by atoms with van der Waals surface area (Å²) in [5.41, 5.74) is 8.29. The Balaban J connectivity index is 0.000000201. The highest BCUT2D eigenvalue weighted by atomic mass is 16.6. The van der Waals surface area contributed by atoms with Crippen LogP contribution in [-0.2, 0) is 32.5 Å². The summed E-state index contributed by atoms with van der Waals surface area (Å²) in [7, 11) is 0. The van der Waals surface area contributed by atoms with Gasteiger partial charge in [-0.1, -0.05) is 60.7 Å². The second-order valence-corrected chi connectivity index (χ2v) is 9.20. The molecule has 4 rings (SSSR count). The third-order valence-electron chi connectivity index (χ3n) is 6.28. The lowest BCUT2D eigenvalue weighted by Crippen LogP contribution is -2.50. The van der Waals surface area contributed by atoms with Crippen molar-refractivity contribution < 1.29 is 24.4 Å². The molecule has 2 aromatic carbocycles. The lowest BCUT2D eigenvalue weighted by atomic mass is 9.99. The predicted octanol–water partition coefficient (Wildman–Crippen LogP) is 2.33. The SMILES string of the molecule is CC(=O)[C@@H]1CC[C@@H](NOCc2ccccc2)CN1.O=C(O)[C@@H]1CC[C@@H](NOCc2ccccc2)CN1. The van der Waals surface area contributed by atoms with Gasteiger partial charge >= 0.3 is 5.97 Å². The van der Waals surface area contributed by atoms with Gasteiger partial charge in [-0.05, 0) is 43.7 Å². The van der Waals surface area contributed by atoms with Crippen molar-refractivity contribution in [1.29, 1.82) is 0 Å². The van der Waals surface area contributed by atoms with Crippen LogP contribution in [0.25, 0.3) is 0 Å². The molecule has 5 N–H and O–H groups in total. The summed E-state index contributed by atoms with van der Waals surface area (Å²) in [5.74, 6) is -0.558. The van der Waals surface area contributed by atoms with Gasteiger partial charge in [0, 0.05) is 25.2 Å². The van der Waals surface area contributed by atoms with E-state index in [1.165, 1.54) is 0 Å². The number of hydroxylamine groups is 2. The number of carboxylic acids is 1. The standard InChI is InChI=1S/C14H20N2O2.C13H18N2O3/c1-11(17)14-8-7-13(9-15-14)16-18-10-12-5-3-2-4-6-12;16-13(17)12-7-6-11(8-14-12)15-18-9-10-4-2-1-3-5-10/h2-6,13-16H,7-10H2,1H3;1-5,11-12,14-15H,6-9H2,(H,16,17)/t13-,14+;11-,12+/m11/s1. The van der Waals surface area contributed by atoms with Crippen molar-refractivity contribution in [3.63, 3.8) is 0 Å². The number of ketones is 1. The second-order valence-electron chi connectivity index (χ2n) is 9.20. The number of nitrogens with one attached hydrogen (secondary N) is 4. The number of carbonyl (C=O) groups excluding carboxylic acids is 1. The first-order valence-corrected chi connectivity index (χ1v) is 12.5. The van der Waals surface area contributed by atoms with E-state index in [4.69, 9.17) is 14.8 Å². The molecule has 0 bridgehead atoms. The maximum atomic E-state index is 11.2. The summed E-state index contributed by atoms with van der Waals surface area (Å²) in [4.78, 5) is 32.8. The maximum Gasteiger partial charge on any atom is 0.320 e. The molecule has 2 aromatic rings. The molecule has 2 aliphatic heterocycles. The molecule has 2 fully saturated rings. The number of Topliss-reactive ketones (excluding diaryl/α,β-unsaturated/α-hetero) is 1. The van der Waals surface area contributed by atoms with Crippen molar-refractivity contribution in [3.05, 3.63) is 71.8 Å². The summed E-state index contributed by atoms with van der Waals surface area (Å²) in [5, 5.41) is 15.0. The van der Waals surface area contributed by atoms with Gasteiger partial charge in [0.15, 0.2) is 0 Å². The largest absolute Gasteiger partial charge is 0.480 e. The molecule has 0 radical (unpaired) electrons. The van der Waals surface area contributed by atoms with Crippen molar-refractivity contribution >= 4 is 11.8 Å². The molecule has 0 unspecified atom stereocenters. The van der Waals surface area contributed by atoms with Crippen molar-refractivity contribution in [2.45, 2.75) is 70.0 Å². The minimum atomic E-state index is -0.779. The van der Waals surface area contributed by atoms with E-state index in [9.17, 15) is 9.59 Å². The normalized spacial score (nSPS) is 23.8. The molecule has 0 aliphatic carbocycles. The molecule has 9 heteroatoms. The number of carbonyl (C=O) groups is 2. The van der Waals surface area contributed by atoms with Gasteiger partial charge in [0.05, 0.1) is 19.3 Å². The zero-order valence-electron chi connectivity index (χ0n) is 20.8. The van der Waals surface area contributed by atoms with Crippen LogP contribution in [0.4, 0.5) is 0 Å². The fourth-order valence-corrected chi connectivity index (χ4v) is 4.11. The lowest BCUT2D eigenvalue weighted by Gasteiger charge is -2.28. The van der Waals surface area contributed by atoms with Crippen LogP contribution in [0.1, 0.15) is 43.7 Å². The zero-order chi connectivity index (χ0) is 25.6. The molecular formula is C27H38N4O5. The summed E-state index contributed by atoms with van der Waals surface area (Å²) in [6.45, 7) is 4.11. The van der Waals surface area contributed by atoms with Crippen LogP contribution in [0.3, 0.4) is 0 Å². The number of benzene rings is 2. The van der Waals surface area contributed by atoms with E-state index in [1.54, 1.807) is 6.92 Å². The van der Waals surface area contributed by atoms with Crippen molar-refractivity contribution in [1.82, 2.24) is 21.6 Å². The Morgan fingerprint density at radius 1 is 0.778 bits per heavy atom. The number of rotatable bonds is 10. The minimum Gasteiger partial charge on any atom is -0.480 e. The van der Waals surface area contributed by atoms with Crippen LogP contribution in [-0.4, -0.2) is 54.1 Å². The summed E-state index contributed by atoms with van der Waals surface area (Å²) >= 11 is 0. The number of hydrogen-bond acceptors (Lipinski definition) is 8. The molecule has 196 valence electrons. The molecule has 0 amide bonds. The van der Waals surface area contributed by atoms with Crippen molar-refractivity contribution in [2.75, 3.05) is 13.1 Å². The van der Waals surface area contributed by atoms with Gasteiger partial charge in [-0.2, -0.15) is 11.0 Å². The molecule has 2 aliphatic rings. The van der Waals surface area contributed by atoms with E-state index in [2.05, 4.69) is 21.6 Å². The van der Waals surface area contributed by atoms with E-state index < -0.39 is 12.0 Å². The first kappa shape index (κ1) is 27.9. The van der Waals surface area contributed by atoms with E-state index in [-0.39, 0.29) is 23.9 Å². The van der Waals surface area contributed by atoms with Gasteiger partial charge in [0.1, 0.15) is 11.8 Å². The third-order valence-corrected chi connectivity index (χ3v) is 6.28. The number of carboxylic acid groups (broad SMARTS) is 1. The van der Waals surface area contributed by atoms with E-state index in [0.717, 1.165) is 36.9 Å². The number of piperidine rings is 2. The molecule has 0 spiro atoms. The first-order valence-electron chi connectivity index (χ1n) is 12.5. The van der Waals surface area contributed by atoms with Crippen LogP contribution in [0.15, 0.2) is 60.7 Å². The van der Waals surface area contributed by atoms with Gasteiger partial charge in [0.25, 0.3) is 0 Å². The Hall–Kier alpha value is -2.66. The highest BCUT2D eigenvalue weighted by Crippen LogP contribution is 2.10. The Morgan fingerprint density at radius 3 is 1.58 bits per heavy atom. The topological polar surface area (TPSA) is 121 Å².